The van der Waals surface area contributed by atoms with Crippen molar-refractivity contribution < 1.29 is 4.79 Å². The number of nitrogens with one attached hydrogen (secondary N) is 2. The lowest BCUT2D eigenvalue weighted by Gasteiger charge is -2.22. The predicted octanol–water partition coefficient (Wildman–Crippen LogP) is 0.998. The van der Waals surface area contributed by atoms with Crippen LogP contribution in [0.2, 0.25) is 0 Å². The lowest BCUT2D eigenvalue weighted by Crippen LogP contribution is -2.42. The average Bonchev–Trinajstić information content (AvgIpc) is 2.80. The minimum Gasteiger partial charge on any atom is -0.355 e. The van der Waals surface area contributed by atoms with Gasteiger partial charge in [-0.15, -0.1) is 0 Å². The van der Waals surface area contributed by atoms with E-state index in [9.17, 15) is 4.79 Å². The summed E-state index contributed by atoms with van der Waals surface area (Å²) >= 11 is 2.00. The van der Waals surface area contributed by atoms with E-state index in [4.69, 9.17) is 0 Å². The molecule has 0 aromatic rings. The minimum atomic E-state index is 0.213. The van der Waals surface area contributed by atoms with Gasteiger partial charge < -0.3 is 10.6 Å². The molecule has 1 amide bonds. The summed E-state index contributed by atoms with van der Waals surface area (Å²) in [7, 11) is 0. The number of hydrogen-bond donors (Lipinski definition) is 2. The van der Waals surface area contributed by atoms with E-state index in [1.807, 2.05) is 11.8 Å². The van der Waals surface area contributed by atoms with E-state index in [2.05, 4.69) is 10.6 Å². The Morgan fingerprint density at radius 3 is 3.00 bits per heavy atom. The summed E-state index contributed by atoms with van der Waals surface area (Å²) in [5.41, 5.74) is 0. The van der Waals surface area contributed by atoms with Gasteiger partial charge in [0.05, 0.1) is 5.92 Å². The van der Waals surface area contributed by atoms with Gasteiger partial charge in [-0.2, -0.15) is 11.8 Å². The molecule has 2 saturated heterocycles. The maximum absolute atomic E-state index is 11.8. The lowest BCUT2D eigenvalue weighted by atomic mass is 9.99. The molecule has 4 heteroatoms. The number of carbonyl (C=O) groups excluding carboxylic acids is 1. The first-order chi connectivity index (χ1) is 7.36. The number of thioether (sulfide) groups is 1. The first kappa shape index (κ1) is 11.3. The van der Waals surface area contributed by atoms with Gasteiger partial charge in [-0.05, 0) is 38.0 Å². The van der Waals surface area contributed by atoms with Crippen molar-refractivity contribution in [2.45, 2.75) is 30.9 Å². The van der Waals surface area contributed by atoms with Gasteiger partial charge in [-0.3, -0.25) is 4.79 Å². The monoisotopic (exact) mass is 228 g/mol. The fourth-order valence-electron chi connectivity index (χ4n) is 2.24. The zero-order valence-electron chi connectivity index (χ0n) is 9.13. The number of hydrogen-bond acceptors (Lipinski definition) is 3. The summed E-state index contributed by atoms with van der Waals surface area (Å²) in [6.45, 7) is 2.81. The largest absolute Gasteiger partial charge is 0.355 e. The minimum absolute atomic E-state index is 0.213. The molecule has 0 saturated carbocycles. The summed E-state index contributed by atoms with van der Waals surface area (Å²) in [6, 6.07) is 0. The van der Waals surface area contributed by atoms with Crippen LogP contribution in [0.5, 0.6) is 0 Å². The SMILES string of the molecule is O=C(NCC1CCCS1)[C@H]1CCCNC1. The lowest BCUT2D eigenvalue weighted by molar-refractivity contribution is -0.125. The van der Waals surface area contributed by atoms with E-state index in [0.717, 1.165) is 32.5 Å². The molecule has 0 aromatic heterocycles. The molecule has 0 bridgehead atoms. The van der Waals surface area contributed by atoms with E-state index >= 15 is 0 Å². The second kappa shape index (κ2) is 5.75. The van der Waals surface area contributed by atoms with Crippen molar-refractivity contribution in [3.63, 3.8) is 0 Å². The molecule has 0 aromatic carbocycles. The van der Waals surface area contributed by atoms with Crippen molar-refractivity contribution in [3.8, 4) is 0 Å². The molecule has 86 valence electrons. The van der Waals surface area contributed by atoms with Crippen molar-refractivity contribution in [1.29, 1.82) is 0 Å². The zero-order chi connectivity index (χ0) is 10.5. The Morgan fingerprint density at radius 1 is 1.40 bits per heavy atom. The van der Waals surface area contributed by atoms with Crippen LogP contribution in [0.3, 0.4) is 0 Å². The average molecular weight is 228 g/mol. The van der Waals surface area contributed by atoms with Crippen molar-refractivity contribution in [1.82, 2.24) is 10.6 Å². The van der Waals surface area contributed by atoms with Crippen LogP contribution < -0.4 is 10.6 Å². The van der Waals surface area contributed by atoms with Gasteiger partial charge in [0.2, 0.25) is 5.91 Å². The number of amides is 1. The van der Waals surface area contributed by atoms with Crippen LogP contribution in [0.1, 0.15) is 25.7 Å². The fraction of sp³-hybridized carbons (Fsp3) is 0.909. The standard InChI is InChI=1S/C11H20N2OS/c14-11(9-3-1-5-12-7-9)13-8-10-4-2-6-15-10/h9-10,12H,1-8H2,(H,13,14)/t9-,10?/m0/s1. The Bertz CT molecular complexity index is 211. The van der Waals surface area contributed by atoms with Crippen molar-refractivity contribution in [2.75, 3.05) is 25.4 Å². The van der Waals surface area contributed by atoms with Gasteiger partial charge in [-0.25, -0.2) is 0 Å². The van der Waals surface area contributed by atoms with E-state index in [1.54, 1.807) is 0 Å². The van der Waals surface area contributed by atoms with Crippen molar-refractivity contribution in [2.24, 2.45) is 5.92 Å². The molecule has 1 unspecified atom stereocenters. The molecule has 15 heavy (non-hydrogen) atoms. The Balaban J connectivity index is 1.66. The fourth-order valence-corrected chi connectivity index (χ4v) is 3.44. The van der Waals surface area contributed by atoms with Crippen LogP contribution in [-0.2, 0) is 4.79 Å². The number of carbonyl (C=O) groups is 1. The van der Waals surface area contributed by atoms with Crippen molar-refractivity contribution >= 4 is 17.7 Å². The second-order valence-corrected chi connectivity index (χ2v) is 5.83. The van der Waals surface area contributed by atoms with Gasteiger partial charge >= 0.3 is 0 Å². The Labute approximate surface area is 95.8 Å². The van der Waals surface area contributed by atoms with Crippen LogP contribution in [0.25, 0.3) is 0 Å². The maximum atomic E-state index is 11.8. The van der Waals surface area contributed by atoms with Crippen molar-refractivity contribution in [3.05, 3.63) is 0 Å². The predicted molar refractivity (Wildman–Crippen MR) is 64.1 cm³/mol. The molecule has 0 spiro atoms. The highest BCUT2D eigenvalue weighted by Crippen LogP contribution is 2.25. The van der Waals surface area contributed by atoms with Crippen LogP contribution in [-0.4, -0.2) is 36.5 Å². The van der Waals surface area contributed by atoms with Gasteiger partial charge in [0.25, 0.3) is 0 Å². The Kier molecular flexibility index (Phi) is 4.32. The van der Waals surface area contributed by atoms with Gasteiger partial charge in [0.1, 0.15) is 0 Å². The first-order valence-corrected chi connectivity index (χ1v) is 7.01. The molecule has 2 aliphatic rings. The van der Waals surface area contributed by atoms with Crippen LogP contribution >= 0.6 is 11.8 Å². The molecule has 2 N–H and O–H groups in total. The van der Waals surface area contributed by atoms with Gasteiger partial charge in [-0.1, -0.05) is 0 Å². The summed E-state index contributed by atoms with van der Waals surface area (Å²) in [5.74, 6) is 1.74. The number of rotatable bonds is 3. The van der Waals surface area contributed by atoms with Crippen LogP contribution in [0, 0.1) is 5.92 Å². The van der Waals surface area contributed by atoms with E-state index in [1.165, 1.54) is 18.6 Å². The summed E-state index contributed by atoms with van der Waals surface area (Å²) in [5, 5.41) is 7.04. The molecule has 2 fully saturated rings. The molecular formula is C11H20N2OS. The smallest absolute Gasteiger partial charge is 0.224 e. The molecule has 2 heterocycles. The molecule has 2 rings (SSSR count). The molecule has 0 aliphatic carbocycles. The zero-order valence-corrected chi connectivity index (χ0v) is 9.94. The Hall–Kier alpha value is -0.220. The molecule has 3 nitrogen and oxygen atoms in total. The summed E-state index contributed by atoms with van der Waals surface area (Å²) < 4.78 is 0. The third-order valence-corrected chi connectivity index (χ3v) is 4.59. The molecule has 0 radical (unpaired) electrons. The topological polar surface area (TPSA) is 41.1 Å². The molecular weight excluding hydrogens is 208 g/mol. The summed E-state index contributed by atoms with van der Waals surface area (Å²) in [6.07, 6.45) is 4.77. The normalized spacial score (nSPS) is 31.5. The maximum Gasteiger partial charge on any atom is 0.224 e. The van der Waals surface area contributed by atoms with Gasteiger partial charge in [0, 0.05) is 18.3 Å². The van der Waals surface area contributed by atoms with E-state index in [-0.39, 0.29) is 11.8 Å². The molecule has 2 atom stereocenters. The second-order valence-electron chi connectivity index (χ2n) is 4.42. The van der Waals surface area contributed by atoms with E-state index < -0.39 is 0 Å². The number of piperidine rings is 1. The quantitative estimate of drug-likeness (QED) is 0.757. The highest BCUT2D eigenvalue weighted by Gasteiger charge is 2.22. The van der Waals surface area contributed by atoms with Gasteiger partial charge in [0.15, 0.2) is 0 Å². The first-order valence-electron chi connectivity index (χ1n) is 5.96. The Morgan fingerprint density at radius 2 is 2.33 bits per heavy atom. The van der Waals surface area contributed by atoms with E-state index in [0.29, 0.717) is 5.25 Å². The third-order valence-electron chi connectivity index (χ3n) is 3.20. The summed E-state index contributed by atoms with van der Waals surface area (Å²) in [4.78, 5) is 11.8. The van der Waals surface area contributed by atoms with Crippen LogP contribution in [0.4, 0.5) is 0 Å². The van der Waals surface area contributed by atoms with Crippen LogP contribution in [0.15, 0.2) is 0 Å². The third kappa shape index (κ3) is 3.38. The highest BCUT2D eigenvalue weighted by molar-refractivity contribution is 8.00. The highest BCUT2D eigenvalue weighted by atomic mass is 32.2. The molecule has 2 aliphatic heterocycles.